The van der Waals surface area contributed by atoms with E-state index in [-0.39, 0.29) is 10.6 Å². The Kier molecular flexibility index (Phi) is 4.29. The van der Waals surface area contributed by atoms with Crippen LogP contribution in [-0.2, 0) is 6.42 Å². The number of hydrogen-bond acceptors (Lipinski definition) is 3. The number of aromatic nitrogens is 2. The van der Waals surface area contributed by atoms with E-state index in [0.29, 0.717) is 11.5 Å². The van der Waals surface area contributed by atoms with E-state index in [1.54, 1.807) is 16.8 Å². The van der Waals surface area contributed by atoms with Crippen molar-refractivity contribution >= 4 is 23.4 Å². The second kappa shape index (κ2) is 5.96. The molecule has 2 rings (SSSR count). The number of hydrogen-bond donors (Lipinski definition) is 2. The van der Waals surface area contributed by atoms with E-state index in [0.717, 1.165) is 25.0 Å². The quantitative estimate of drug-likeness (QED) is 0.887. The second-order valence-electron chi connectivity index (χ2n) is 4.55. The number of rotatable bonds is 5. The fraction of sp³-hybridized carbons (Fsp3) is 0.286. The van der Waals surface area contributed by atoms with Crippen molar-refractivity contribution in [3.05, 3.63) is 40.5 Å². The van der Waals surface area contributed by atoms with E-state index in [1.165, 1.54) is 6.07 Å². The predicted octanol–water partition coefficient (Wildman–Crippen LogP) is 3.15. The number of carboxylic acid groups (broad SMARTS) is 1. The Bertz CT molecular complexity index is 637. The Labute approximate surface area is 122 Å². The van der Waals surface area contributed by atoms with Crippen LogP contribution in [0, 0.1) is 0 Å². The van der Waals surface area contributed by atoms with Gasteiger partial charge in [-0.05, 0) is 31.0 Å². The standard InChI is InChI=1S/C14H16ClN3O2/c1-2-3-4-9-7-13(16)18(17-9)10-5-6-11(14(19)20)12(15)8-10/h5-8H,2-4,16H2,1H3,(H,19,20). The van der Waals surface area contributed by atoms with Crippen molar-refractivity contribution in [2.75, 3.05) is 5.73 Å². The normalized spacial score (nSPS) is 10.7. The maximum Gasteiger partial charge on any atom is 0.337 e. The summed E-state index contributed by atoms with van der Waals surface area (Å²) in [6.45, 7) is 2.12. The van der Waals surface area contributed by atoms with Gasteiger partial charge < -0.3 is 10.8 Å². The molecular weight excluding hydrogens is 278 g/mol. The molecule has 6 heteroatoms. The van der Waals surface area contributed by atoms with Crippen LogP contribution in [-0.4, -0.2) is 20.9 Å². The zero-order valence-electron chi connectivity index (χ0n) is 11.1. The van der Waals surface area contributed by atoms with Gasteiger partial charge in [0.1, 0.15) is 5.82 Å². The molecule has 0 aliphatic carbocycles. The summed E-state index contributed by atoms with van der Waals surface area (Å²) < 4.78 is 1.57. The minimum atomic E-state index is -1.06. The monoisotopic (exact) mass is 293 g/mol. The fourth-order valence-electron chi connectivity index (χ4n) is 1.94. The molecule has 0 spiro atoms. The van der Waals surface area contributed by atoms with Crippen LogP contribution in [0.25, 0.3) is 5.69 Å². The van der Waals surface area contributed by atoms with E-state index < -0.39 is 5.97 Å². The molecule has 0 aliphatic rings. The van der Waals surface area contributed by atoms with Crippen LogP contribution in [0.2, 0.25) is 5.02 Å². The summed E-state index contributed by atoms with van der Waals surface area (Å²) in [6.07, 6.45) is 3.01. The van der Waals surface area contributed by atoms with Crippen LogP contribution in [0.3, 0.4) is 0 Å². The fourth-order valence-corrected chi connectivity index (χ4v) is 2.20. The molecule has 1 aromatic carbocycles. The summed E-state index contributed by atoms with van der Waals surface area (Å²) in [4.78, 5) is 10.9. The third-order valence-electron chi connectivity index (χ3n) is 3.00. The van der Waals surface area contributed by atoms with Crippen LogP contribution in [0.4, 0.5) is 5.82 Å². The molecule has 20 heavy (non-hydrogen) atoms. The van der Waals surface area contributed by atoms with E-state index in [1.807, 2.05) is 6.07 Å². The van der Waals surface area contributed by atoms with Gasteiger partial charge in [0.15, 0.2) is 0 Å². The highest BCUT2D eigenvalue weighted by Crippen LogP contribution is 2.22. The third-order valence-corrected chi connectivity index (χ3v) is 3.31. The summed E-state index contributed by atoms with van der Waals surface area (Å²) in [5.74, 6) is -0.547. The molecule has 0 saturated carbocycles. The third kappa shape index (κ3) is 2.93. The van der Waals surface area contributed by atoms with Crippen molar-refractivity contribution < 1.29 is 9.90 Å². The number of aryl methyl sites for hydroxylation is 1. The lowest BCUT2D eigenvalue weighted by Gasteiger charge is -2.06. The number of anilines is 1. The molecule has 1 heterocycles. The first-order chi connectivity index (χ1) is 9.52. The Morgan fingerprint density at radius 1 is 1.45 bits per heavy atom. The molecule has 3 N–H and O–H groups in total. The van der Waals surface area contributed by atoms with Crippen LogP contribution >= 0.6 is 11.6 Å². The second-order valence-corrected chi connectivity index (χ2v) is 4.95. The van der Waals surface area contributed by atoms with Crippen LogP contribution in [0.15, 0.2) is 24.3 Å². The number of aromatic carboxylic acids is 1. The van der Waals surface area contributed by atoms with Crippen molar-refractivity contribution in [2.24, 2.45) is 0 Å². The van der Waals surface area contributed by atoms with Gasteiger partial charge in [0.25, 0.3) is 0 Å². The molecule has 1 aromatic heterocycles. The largest absolute Gasteiger partial charge is 0.478 e. The number of benzene rings is 1. The van der Waals surface area contributed by atoms with Gasteiger partial charge in [0.05, 0.1) is 22.0 Å². The van der Waals surface area contributed by atoms with Crippen LogP contribution in [0.5, 0.6) is 0 Å². The highest BCUT2D eigenvalue weighted by atomic mass is 35.5. The maximum absolute atomic E-state index is 10.9. The van der Waals surface area contributed by atoms with Crippen molar-refractivity contribution in [2.45, 2.75) is 26.2 Å². The number of nitrogens with zero attached hydrogens (tertiary/aromatic N) is 2. The summed E-state index contributed by atoms with van der Waals surface area (Å²) >= 11 is 5.95. The molecule has 0 unspecified atom stereocenters. The summed E-state index contributed by atoms with van der Waals surface area (Å²) in [6, 6.07) is 6.47. The highest BCUT2D eigenvalue weighted by Gasteiger charge is 2.12. The summed E-state index contributed by atoms with van der Waals surface area (Å²) in [7, 11) is 0. The molecule has 5 nitrogen and oxygen atoms in total. The van der Waals surface area contributed by atoms with Crippen molar-refractivity contribution in [1.82, 2.24) is 9.78 Å². The lowest BCUT2D eigenvalue weighted by atomic mass is 10.2. The molecule has 0 radical (unpaired) electrons. The SMILES string of the molecule is CCCCc1cc(N)n(-c2ccc(C(=O)O)c(Cl)c2)n1. The summed E-state index contributed by atoms with van der Waals surface area (Å²) in [5.41, 5.74) is 7.57. The lowest BCUT2D eigenvalue weighted by Crippen LogP contribution is -2.04. The molecule has 0 fully saturated rings. The van der Waals surface area contributed by atoms with Gasteiger partial charge in [-0.15, -0.1) is 0 Å². The van der Waals surface area contributed by atoms with Gasteiger partial charge in [0, 0.05) is 6.07 Å². The van der Waals surface area contributed by atoms with Gasteiger partial charge in [-0.25, -0.2) is 9.48 Å². The number of nitrogens with two attached hydrogens (primary N) is 1. The maximum atomic E-state index is 10.9. The first kappa shape index (κ1) is 14.4. The van der Waals surface area contributed by atoms with Crippen LogP contribution in [0.1, 0.15) is 35.8 Å². The molecule has 106 valence electrons. The molecule has 0 saturated heterocycles. The molecule has 0 aliphatic heterocycles. The predicted molar refractivity (Wildman–Crippen MR) is 78.6 cm³/mol. The minimum absolute atomic E-state index is 0.0624. The van der Waals surface area contributed by atoms with Gasteiger partial charge in [-0.1, -0.05) is 24.9 Å². The van der Waals surface area contributed by atoms with E-state index in [4.69, 9.17) is 22.4 Å². The average Bonchev–Trinajstić information content (AvgIpc) is 2.77. The molecule has 0 amide bonds. The van der Waals surface area contributed by atoms with E-state index >= 15 is 0 Å². The Morgan fingerprint density at radius 2 is 2.20 bits per heavy atom. The number of unbranched alkanes of at least 4 members (excludes halogenated alkanes) is 1. The molecule has 2 aromatic rings. The Morgan fingerprint density at radius 3 is 2.80 bits per heavy atom. The van der Waals surface area contributed by atoms with Crippen molar-refractivity contribution in [3.8, 4) is 5.69 Å². The topological polar surface area (TPSA) is 81.1 Å². The number of carbonyl (C=O) groups is 1. The number of halogens is 1. The van der Waals surface area contributed by atoms with Crippen molar-refractivity contribution in [3.63, 3.8) is 0 Å². The molecular formula is C14H16ClN3O2. The average molecular weight is 294 g/mol. The first-order valence-corrected chi connectivity index (χ1v) is 6.78. The highest BCUT2D eigenvalue weighted by molar-refractivity contribution is 6.33. The van der Waals surface area contributed by atoms with Crippen LogP contribution < -0.4 is 5.73 Å². The van der Waals surface area contributed by atoms with Crippen molar-refractivity contribution in [1.29, 1.82) is 0 Å². The number of nitrogen functional groups attached to an aromatic ring is 1. The van der Waals surface area contributed by atoms with Gasteiger partial charge in [0.2, 0.25) is 0 Å². The first-order valence-electron chi connectivity index (χ1n) is 6.40. The Hall–Kier alpha value is -2.01. The molecule has 0 atom stereocenters. The minimum Gasteiger partial charge on any atom is -0.478 e. The number of carboxylic acids is 1. The lowest BCUT2D eigenvalue weighted by molar-refractivity contribution is 0.0697. The molecule has 0 bridgehead atoms. The van der Waals surface area contributed by atoms with Gasteiger partial charge in [-0.3, -0.25) is 0 Å². The van der Waals surface area contributed by atoms with E-state index in [2.05, 4.69) is 12.0 Å². The zero-order chi connectivity index (χ0) is 14.7. The van der Waals surface area contributed by atoms with Gasteiger partial charge >= 0.3 is 5.97 Å². The smallest absolute Gasteiger partial charge is 0.337 e. The van der Waals surface area contributed by atoms with Gasteiger partial charge in [-0.2, -0.15) is 5.10 Å². The summed E-state index contributed by atoms with van der Waals surface area (Å²) in [5, 5.41) is 13.5. The zero-order valence-corrected chi connectivity index (χ0v) is 11.9. The Balaban J connectivity index is 2.34. The van der Waals surface area contributed by atoms with E-state index in [9.17, 15) is 4.79 Å².